The van der Waals surface area contributed by atoms with Gasteiger partial charge in [0.1, 0.15) is 5.82 Å². The van der Waals surface area contributed by atoms with Crippen molar-refractivity contribution in [2.45, 2.75) is 25.9 Å². The molecular formula is C19H19F4NO5. The minimum atomic E-state index is -5.02. The predicted molar refractivity (Wildman–Crippen MR) is 93.4 cm³/mol. The smallest absolute Gasteiger partial charge is 0.419 e. The maximum atomic E-state index is 14.8. The van der Waals surface area contributed by atoms with E-state index < -0.39 is 52.1 Å². The fourth-order valence-corrected chi connectivity index (χ4v) is 3.48. The number of rotatable bonds is 6. The average Bonchev–Trinajstić information content (AvgIpc) is 2.59. The molecule has 0 spiro atoms. The molecule has 0 radical (unpaired) electrons. The van der Waals surface area contributed by atoms with Crippen LogP contribution in [0.1, 0.15) is 30.9 Å². The first kappa shape index (κ1) is 22.4. The van der Waals surface area contributed by atoms with Crippen LogP contribution in [0.2, 0.25) is 0 Å². The van der Waals surface area contributed by atoms with Crippen LogP contribution in [0, 0.1) is 5.82 Å². The molecule has 0 bridgehead atoms. The average molecular weight is 417 g/mol. The fourth-order valence-electron chi connectivity index (χ4n) is 3.48. The number of hydrogen-bond acceptors (Lipinski definition) is 4. The van der Waals surface area contributed by atoms with E-state index in [0.29, 0.717) is 6.07 Å². The highest BCUT2D eigenvalue weighted by Crippen LogP contribution is 2.44. The second kappa shape index (κ2) is 8.24. The molecule has 1 aromatic carbocycles. The third-order valence-corrected chi connectivity index (χ3v) is 4.79. The van der Waals surface area contributed by atoms with Gasteiger partial charge in [0.15, 0.2) is 0 Å². The Kier molecular flexibility index (Phi) is 6.37. The zero-order valence-corrected chi connectivity index (χ0v) is 15.8. The van der Waals surface area contributed by atoms with Crippen LogP contribution >= 0.6 is 0 Å². The van der Waals surface area contributed by atoms with Gasteiger partial charge in [0.05, 0.1) is 29.2 Å². The molecule has 0 saturated carbocycles. The number of alkyl halides is 3. The number of methoxy groups -OCH3 is 1. The zero-order chi connectivity index (χ0) is 22.1. The second-order valence-electron chi connectivity index (χ2n) is 6.39. The maximum absolute atomic E-state index is 14.8. The van der Waals surface area contributed by atoms with E-state index in [4.69, 9.17) is 4.74 Å². The van der Waals surface area contributed by atoms with E-state index in [2.05, 4.69) is 0 Å². The van der Waals surface area contributed by atoms with Gasteiger partial charge in [0, 0.05) is 30.6 Å². The molecule has 1 aliphatic heterocycles. The van der Waals surface area contributed by atoms with Crippen molar-refractivity contribution in [3.63, 3.8) is 0 Å². The molecule has 1 aromatic rings. The van der Waals surface area contributed by atoms with Gasteiger partial charge in [-0.05, 0) is 19.9 Å². The van der Waals surface area contributed by atoms with E-state index in [1.807, 2.05) is 0 Å². The highest BCUT2D eigenvalue weighted by atomic mass is 19.4. The van der Waals surface area contributed by atoms with Crippen LogP contribution in [-0.2, 0) is 20.5 Å². The number of carboxylic acid groups (broad SMARTS) is 2. The molecule has 0 aliphatic carbocycles. The molecule has 0 aromatic heterocycles. The summed E-state index contributed by atoms with van der Waals surface area (Å²) in [7, 11) is 1.40. The quantitative estimate of drug-likeness (QED) is 0.688. The molecule has 0 atom stereocenters. The van der Waals surface area contributed by atoms with Crippen molar-refractivity contribution in [2.24, 2.45) is 0 Å². The number of aliphatic carboxylic acids is 2. The highest BCUT2D eigenvalue weighted by molar-refractivity contribution is 5.98. The van der Waals surface area contributed by atoms with Crippen LogP contribution in [0.25, 0.3) is 0 Å². The molecule has 1 aliphatic rings. The lowest BCUT2D eigenvalue weighted by Gasteiger charge is -2.37. The van der Waals surface area contributed by atoms with Crippen molar-refractivity contribution in [1.82, 2.24) is 4.90 Å². The van der Waals surface area contributed by atoms with Crippen LogP contribution in [0.5, 0.6) is 0 Å². The van der Waals surface area contributed by atoms with Gasteiger partial charge in [-0.3, -0.25) is 0 Å². The summed E-state index contributed by atoms with van der Waals surface area (Å²) in [4.78, 5) is 25.3. The van der Waals surface area contributed by atoms with Crippen LogP contribution in [0.4, 0.5) is 17.6 Å². The van der Waals surface area contributed by atoms with Gasteiger partial charge in [0.25, 0.3) is 0 Å². The molecule has 0 unspecified atom stereocenters. The molecular weight excluding hydrogens is 398 g/mol. The van der Waals surface area contributed by atoms with E-state index in [-0.39, 0.29) is 24.5 Å². The van der Waals surface area contributed by atoms with Crippen molar-refractivity contribution in [3.8, 4) is 0 Å². The molecule has 2 rings (SSSR count). The monoisotopic (exact) mass is 417 g/mol. The van der Waals surface area contributed by atoms with E-state index in [1.54, 1.807) is 0 Å². The number of hydrogen-bond donors (Lipinski definition) is 2. The van der Waals surface area contributed by atoms with Crippen molar-refractivity contribution in [3.05, 3.63) is 57.7 Å². The van der Waals surface area contributed by atoms with E-state index in [0.717, 1.165) is 12.1 Å². The topological polar surface area (TPSA) is 87.1 Å². The number of benzene rings is 1. The normalized spacial score (nSPS) is 15.9. The number of ether oxygens (including phenoxy) is 1. The van der Waals surface area contributed by atoms with Gasteiger partial charge >= 0.3 is 18.1 Å². The first-order valence-electron chi connectivity index (χ1n) is 8.43. The molecule has 29 heavy (non-hydrogen) atoms. The molecule has 158 valence electrons. The fraction of sp³-hybridized carbons (Fsp3) is 0.368. The SMILES string of the molecule is COCCN1C(C)=C(C(=O)O)C(c2cccc(C(F)(F)F)c2F)C(C(=O)O)=C1C. The van der Waals surface area contributed by atoms with Gasteiger partial charge in [-0.2, -0.15) is 13.2 Å². The summed E-state index contributed by atoms with van der Waals surface area (Å²) in [6, 6.07) is 2.40. The number of carbonyl (C=O) groups is 2. The molecule has 10 heteroatoms. The summed E-state index contributed by atoms with van der Waals surface area (Å²) in [6.07, 6.45) is -5.02. The zero-order valence-electron chi connectivity index (χ0n) is 15.8. The van der Waals surface area contributed by atoms with Crippen molar-refractivity contribution in [1.29, 1.82) is 0 Å². The van der Waals surface area contributed by atoms with Gasteiger partial charge in [0.2, 0.25) is 0 Å². The summed E-state index contributed by atoms with van der Waals surface area (Å²) in [5.41, 5.74) is -3.09. The Morgan fingerprint density at radius 1 is 1.10 bits per heavy atom. The van der Waals surface area contributed by atoms with Crippen LogP contribution in [0.3, 0.4) is 0 Å². The number of carboxylic acids is 2. The van der Waals surface area contributed by atoms with Gasteiger partial charge in [-0.1, -0.05) is 12.1 Å². The van der Waals surface area contributed by atoms with E-state index in [1.165, 1.54) is 25.9 Å². The molecule has 0 saturated heterocycles. The summed E-state index contributed by atoms with van der Waals surface area (Å²) in [6.45, 7) is 3.02. The summed E-state index contributed by atoms with van der Waals surface area (Å²) in [5.74, 6) is -6.53. The van der Waals surface area contributed by atoms with E-state index in [9.17, 15) is 37.4 Å². The van der Waals surface area contributed by atoms with Crippen LogP contribution in [0.15, 0.2) is 40.7 Å². The van der Waals surface area contributed by atoms with E-state index >= 15 is 0 Å². The van der Waals surface area contributed by atoms with Crippen molar-refractivity contribution < 1.29 is 42.1 Å². The highest BCUT2D eigenvalue weighted by Gasteiger charge is 2.43. The Morgan fingerprint density at radius 3 is 2.03 bits per heavy atom. The number of halogens is 4. The van der Waals surface area contributed by atoms with Gasteiger partial charge in [-0.15, -0.1) is 0 Å². The van der Waals surface area contributed by atoms with Gasteiger partial charge in [-0.25, -0.2) is 14.0 Å². The molecule has 6 nitrogen and oxygen atoms in total. The van der Waals surface area contributed by atoms with Crippen LogP contribution in [-0.4, -0.2) is 47.3 Å². The molecule has 2 N–H and O–H groups in total. The number of nitrogens with zero attached hydrogens (tertiary/aromatic N) is 1. The standard InChI is InChI=1S/C19H19F4NO5/c1-9-13(17(25)26)15(11-5-4-6-12(16(11)20)19(21,22)23)14(18(27)28)10(2)24(9)7-8-29-3/h4-6,15H,7-8H2,1-3H3,(H,25,26)(H,27,28). The lowest BCUT2D eigenvalue weighted by molar-refractivity contribution is -0.140. The van der Waals surface area contributed by atoms with Crippen molar-refractivity contribution >= 4 is 11.9 Å². The molecule has 1 heterocycles. The minimum Gasteiger partial charge on any atom is -0.478 e. The maximum Gasteiger partial charge on any atom is 0.419 e. The lowest BCUT2D eigenvalue weighted by Crippen LogP contribution is -2.36. The molecule has 0 fully saturated rings. The Morgan fingerprint density at radius 2 is 1.62 bits per heavy atom. The first-order chi connectivity index (χ1) is 13.4. The largest absolute Gasteiger partial charge is 0.478 e. The summed E-state index contributed by atoms with van der Waals surface area (Å²) in [5, 5.41) is 19.4. The summed E-state index contributed by atoms with van der Waals surface area (Å²) >= 11 is 0. The van der Waals surface area contributed by atoms with Crippen molar-refractivity contribution in [2.75, 3.05) is 20.3 Å². The summed E-state index contributed by atoms with van der Waals surface area (Å²) < 4.78 is 59.2. The molecule has 0 amide bonds. The van der Waals surface area contributed by atoms with Gasteiger partial charge < -0.3 is 19.8 Å². The van der Waals surface area contributed by atoms with Crippen LogP contribution < -0.4 is 0 Å². The Hall–Kier alpha value is -2.88. The first-order valence-corrected chi connectivity index (χ1v) is 8.43. The Labute approximate surface area is 163 Å². The Balaban J connectivity index is 2.82. The third kappa shape index (κ3) is 4.12. The Bertz CT molecular complexity index is 866. The third-order valence-electron chi connectivity index (χ3n) is 4.79. The lowest BCUT2D eigenvalue weighted by atomic mass is 9.79. The minimum absolute atomic E-state index is 0.0962. The second-order valence-corrected chi connectivity index (χ2v) is 6.39. The number of allylic oxidation sites excluding steroid dienone is 2. The predicted octanol–water partition coefficient (Wildman–Crippen LogP) is 3.61.